The summed E-state index contributed by atoms with van der Waals surface area (Å²) in [4.78, 5) is 0. The molecule has 0 amide bonds. The first kappa shape index (κ1) is 4.79. The Morgan fingerprint density at radius 2 is 1.60 bits per heavy atom. The van der Waals surface area contributed by atoms with E-state index in [-0.39, 0.29) is 18.4 Å². The van der Waals surface area contributed by atoms with Crippen LogP contribution in [0.25, 0.3) is 0 Å². The van der Waals surface area contributed by atoms with Gasteiger partial charge in [0.05, 0.1) is 0 Å². The maximum Gasteiger partial charge on any atom is 0.240 e. The molecule has 0 aliphatic carbocycles. The highest BCUT2D eigenvalue weighted by Crippen LogP contribution is 1.32. The number of hydrogen-bond donors (Lipinski definition) is 0. The Morgan fingerprint density at radius 3 is 1.60 bits per heavy atom. The Kier molecular flexibility index (Phi) is 3.64. The van der Waals surface area contributed by atoms with Crippen molar-refractivity contribution >= 4 is 18.4 Å². The third-order valence-electron chi connectivity index (χ3n) is 0.118. The van der Waals surface area contributed by atoms with Crippen LogP contribution >= 0.6 is 0 Å². The molecule has 0 N–H and O–H groups in total. The van der Waals surface area contributed by atoms with Crippen molar-refractivity contribution in [2.24, 2.45) is 0 Å². The fourth-order valence-corrected chi connectivity index (χ4v) is 0.306. The molecule has 3 heteroatoms. The highest BCUT2D eigenvalue weighted by atomic mass is 28.3. The van der Waals surface area contributed by atoms with Crippen molar-refractivity contribution in [3.63, 3.8) is 0 Å². The largest absolute Gasteiger partial charge is 0.480 e. The van der Waals surface area contributed by atoms with Crippen molar-refractivity contribution in [3.8, 4) is 12.0 Å². The van der Waals surface area contributed by atoms with Gasteiger partial charge in [0, 0.05) is 0 Å². The quantitative estimate of drug-likeness (QED) is 0.368. The summed E-state index contributed by atoms with van der Waals surface area (Å²) in [6.45, 7) is 0. The molecule has 0 aliphatic heterocycles. The van der Waals surface area contributed by atoms with Gasteiger partial charge in [0.2, 0.25) is 18.4 Å². The van der Waals surface area contributed by atoms with E-state index >= 15 is 0 Å². The summed E-state index contributed by atoms with van der Waals surface area (Å²) in [5.41, 5.74) is 0. The van der Waals surface area contributed by atoms with Crippen LogP contribution in [0.15, 0.2) is 0 Å². The third kappa shape index (κ3) is 3.79. The molecular weight excluding hydrogens is 96.2 g/mol. The molecule has 1 nitrogen and oxygen atoms in total. The minimum atomic E-state index is 0.0451. The minimum Gasteiger partial charge on any atom is -0.480 e. The van der Waals surface area contributed by atoms with E-state index < -0.39 is 0 Å². The molecule has 0 spiro atoms. The first-order valence-corrected chi connectivity index (χ1v) is 2.96. The smallest absolute Gasteiger partial charge is 0.240 e. The molecule has 0 unspecified atom stereocenters. The minimum absolute atomic E-state index is 0.0451. The molecule has 0 bridgehead atoms. The fourth-order valence-electron chi connectivity index (χ4n) is 0.0340. The summed E-state index contributed by atoms with van der Waals surface area (Å²) in [6.07, 6.45) is 0. The molecule has 5 heavy (non-hydrogen) atoms. The Morgan fingerprint density at radius 1 is 1.20 bits per heavy atom. The van der Waals surface area contributed by atoms with Gasteiger partial charge in [0.15, 0.2) is 0 Å². The van der Waals surface area contributed by atoms with Crippen LogP contribution in [-0.4, -0.2) is 18.4 Å². The van der Waals surface area contributed by atoms with Crippen molar-refractivity contribution in [2.75, 3.05) is 0 Å². The first-order valence-electron chi connectivity index (χ1n) is 0.986. The van der Waals surface area contributed by atoms with Crippen LogP contribution in [0.3, 0.4) is 0 Å². The molecule has 0 aliphatic rings. The fraction of sp³-hybridized carbons (Fsp3) is 0. The summed E-state index contributed by atoms with van der Waals surface area (Å²) >= 11 is 0. The van der Waals surface area contributed by atoms with Gasteiger partial charge in [-0.05, 0) is 0 Å². The normalized spacial score (nSPS) is 3.60. The van der Waals surface area contributed by atoms with Gasteiger partial charge in [0.25, 0.3) is 0 Å². The first-order chi connectivity index (χ1) is 2.41. The lowest BCUT2D eigenvalue weighted by molar-refractivity contribution is 0.683. The lowest BCUT2D eigenvalue weighted by Gasteiger charge is -1.66. The van der Waals surface area contributed by atoms with Crippen molar-refractivity contribution in [1.82, 2.24) is 0 Å². The topological polar surface area (TPSA) is 9.23 Å². The van der Waals surface area contributed by atoms with Crippen molar-refractivity contribution in [2.45, 2.75) is 0 Å². The number of hydrogen-bond acceptors (Lipinski definition) is 1. The summed E-state index contributed by atoms with van der Waals surface area (Å²) in [7, 11) is 0.0903. The summed E-state index contributed by atoms with van der Waals surface area (Å²) < 4.78 is 4.44. The highest BCUT2D eigenvalue weighted by Gasteiger charge is 1.47. The second kappa shape index (κ2) is 3.79. The van der Waals surface area contributed by atoms with Crippen LogP contribution < -0.4 is 0 Å². The SMILES string of the molecule is C#[Si]O[Si]#C. The number of rotatable bonds is 0. The molecule has 0 saturated heterocycles. The van der Waals surface area contributed by atoms with Crippen LogP contribution in [0.1, 0.15) is 0 Å². The van der Waals surface area contributed by atoms with Gasteiger partial charge >= 0.3 is 0 Å². The van der Waals surface area contributed by atoms with E-state index in [2.05, 4.69) is 4.12 Å². The maximum absolute atomic E-state index is 4.87. The highest BCUT2D eigenvalue weighted by molar-refractivity contribution is 6.28. The van der Waals surface area contributed by atoms with Gasteiger partial charge in [0.1, 0.15) is 0 Å². The predicted octanol–water partition coefficient (Wildman–Crippen LogP) is -0.581. The Hall–Kier alpha value is -0.206. The molecule has 0 atom stereocenters. The van der Waals surface area contributed by atoms with Crippen LogP contribution in [0, 0.1) is 12.0 Å². The van der Waals surface area contributed by atoms with Crippen LogP contribution in [0.5, 0.6) is 0 Å². The monoisotopic (exact) mass is 98.0 g/mol. The van der Waals surface area contributed by atoms with Gasteiger partial charge in [-0.3, -0.25) is 0 Å². The van der Waals surface area contributed by atoms with Gasteiger partial charge in [-0.25, -0.2) is 0 Å². The standard InChI is InChI=1S/C2H2OSi2/c1-4-3-5-2/h1-2H. The van der Waals surface area contributed by atoms with Crippen molar-refractivity contribution in [3.05, 3.63) is 0 Å². The van der Waals surface area contributed by atoms with Crippen LogP contribution in [0.4, 0.5) is 0 Å². The van der Waals surface area contributed by atoms with Gasteiger partial charge in [-0.2, -0.15) is 0 Å². The molecule has 0 aromatic carbocycles. The zero-order chi connectivity index (χ0) is 4.12. The third-order valence-corrected chi connectivity index (χ3v) is 1.06. The molecule has 0 saturated carbocycles. The molecule has 0 rings (SSSR count). The summed E-state index contributed by atoms with van der Waals surface area (Å²) in [5, 5.41) is 0. The summed E-state index contributed by atoms with van der Waals surface area (Å²) in [5.74, 6) is 0. The van der Waals surface area contributed by atoms with Crippen molar-refractivity contribution in [1.29, 1.82) is 0 Å². The average Bonchev–Trinajstić information content (AvgIpc) is 1.41. The zero-order valence-electron chi connectivity index (χ0n) is 2.56. The lowest BCUT2D eigenvalue weighted by Crippen LogP contribution is -1.76. The van der Waals surface area contributed by atoms with E-state index in [9.17, 15) is 0 Å². The van der Waals surface area contributed by atoms with E-state index in [1.807, 2.05) is 0 Å². The van der Waals surface area contributed by atoms with Gasteiger partial charge < -0.3 is 4.12 Å². The molecule has 0 radical (unpaired) electrons. The van der Waals surface area contributed by atoms with Gasteiger partial charge in [-0.15, -0.1) is 12.0 Å². The Labute approximate surface area is 35.4 Å². The van der Waals surface area contributed by atoms with E-state index in [0.717, 1.165) is 0 Å². The van der Waals surface area contributed by atoms with Crippen molar-refractivity contribution < 1.29 is 4.12 Å². The molecule has 24 valence electrons. The lowest BCUT2D eigenvalue weighted by atomic mass is 12.0. The van der Waals surface area contributed by atoms with E-state index in [0.29, 0.717) is 0 Å². The van der Waals surface area contributed by atoms with E-state index in [1.54, 1.807) is 0 Å². The molecular formula is C2H2OSi2. The predicted molar refractivity (Wildman–Crippen MR) is 22.5 cm³/mol. The zero-order valence-corrected chi connectivity index (χ0v) is 4.56. The second-order valence-electron chi connectivity index (χ2n) is 0.338. The molecule has 0 aromatic rings. The molecule has 0 fully saturated rings. The van der Waals surface area contributed by atoms with Crippen LogP contribution in [0.2, 0.25) is 0 Å². The van der Waals surface area contributed by atoms with Gasteiger partial charge in [-0.1, -0.05) is 0 Å². The molecule has 0 aromatic heterocycles. The average molecular weight is 98.2 g/mol. The summed E-state index contributed by atoms with van der Waals surface area (Å²) in [6, 6.07) is 9.74. The molecule has 0 heterocycles. The van der Waals surface area contributed by atoms with E-state index in [4.69, 9.17) is 12.0 Å². The Bertz CT molecular complexity index is 72.8. The van der Waals surface area contributed by atoms with Crippen LogP contribution in [-0.2, 0) is 4.12 Å². The second-order valence-corrected chi connectivity index (χ2v) is 1.63. The Balaban J connectivity index is 2.86. The van der Waals surface area contributed by atoms with E-state index in [1.165, 1.54) is 0 Å². The maximum atomic E-state index is 4.87.